The van der Waals surface area contributed by atoms with Crippen molar-refractivity contribution in [2.24, 2.45) is 5.16 Å². The number of nitrogens with zero attached hydrogens (tertiary/aromatic N) is 3. The number of carbonyl (C=O) groups is 3. The van der Waals surface area contributed by atoms with Crippen molar-refractivity contribution in [2.45, 2.75) is 30.5 Å². The van der Waals surface area contributed by atoms with Gasteiger partial charge in [-0.25, -0.2) is 9.78 Å². The fourth-order valence-electron chi connectivity index (χ4n) is 2.84. The number of carboxylic acids is 1. The summed E-state index contributed by atoms with van der Waals surface area (Å²) in [5.41, 5.74) is 6.29. The number of amides is 2. The number of nitrogens with one attached hydrogen (secondary N) is 1. The molecule has 2 amide bonds. The molecule has 0 saturated carbocycles. The molecule has 4 N–H and O–H groups in total. The highest BCUT2D eigenvalue weighted by molar-refractivity contribution is 8.00. The summed E-state index contributed by atoms with van der Waals surface area (Å²) in [5.74, 6) is -2.31. The lowest BCUT2D eigenvalue weighted by Crippen LogP contribution is -2.71. The number of nitrogen functional groups attached to an aromatic ring is 1. The Bertz CT molecular complexity index is 880. The van der Waals surface area contributed by atoms with Crippen LogP contribution in [0.2, 0.25) is 0 Å². The van der Waals surface area contributed by atoms with Gasteiger partial charge < -0.3 is 21.0 Å². The third-order valence-electron chi connectivity index (χ3n) is 4.26. The average Bonchev–Trinajstić information content (AvgIpc) is 3.05. The molecule has 3 atom stereocenters. The Morgan fingerprint density at radius 3 is 2.74 bits per heavy atom. The first kappa shape index (κ1) is 19.2. The molecule has 0 aromatic carbocycles. The number of thioether (sulfide) groups is 1. The second-order valence-corrected chi connectivity index (χ2v) is 8.21. The van der Waals surface area contributed by atoms with Gasteiger partial charge >= 0.3 is 5.97 Å². The summed E-state index contributed by atoms with van der Waals surface area (Å²) in [6.45, 7) is 3.55. The molecule has 1 aromatic rings. The van der Waals surface area contributed by atoms with Gasteiger partial charge in [-0.2, -0.15) is 0 Å². The monoisotopic (exact) mass is 411 g/mol. The Labute approximate surface area is 162 Å². The summed E-state index contributed by atoms with van der Waals surface area (Å²) in [7, 11) is 1.28. The van der Waals surface area contributed by atoms with Crippen molar-refractivity contribution in [2.75, 3.05) is 12.8 Å². The van der Waals surface area contributed by atoms with Gasteiger partial charge in [0, 0.05) is 10.6 Å². The van der Waals surface area contributed by atoms with Crippen molar-refractivity contribution in [3.63, 3.8) is 0 Å². The highest BCUT2D eigenvalue weighted by Gasteiger charge is 2.55. The zero-order valence-electron chi connectivity index (χ0n) is 14.6. The number of aliphatic carboxylic acids is 1. The molecule has 10 nitrogen and oxygen atoms in total. The second kappa shape index (κ2) is 7.19. The fourth-order valence-corrected chi connectivity index (χ4v) is 4.80. The van der Waals surface area contributed by atoms with E-state index in [1.165, 1.54) is 23.8 Å². The Balaban J connectivity index is 1.81. The molecule has 0 radical (unpaired) electrons. The highest BCUT2D eigenvalue weighted by Crippen LogP contribution is 2.43. The van der Waals surface area contributed by atoms with Crippen LogP contribution in [0.3, 0.4) is 0 Å². The summed E-state index contributed by atoms with van der Waals surface area (Å²) < 4.78 is 0. The van der Waals surface area contributed by atoms with Crippen molar-refractivity contribution < 1.29 is 24.3 Å². The van der Waals surface area contributed by atoms with E-state index in [9.17, 15) is 19.5 Å². The first-order valence-electron chi connectivity index (χ1n) is 7.82. The van der Waals surface area contributed by atoms with Gasteiger partial charge in [-0.1, -0.05) is 5.16 Å². The van der Waals surface area contributed by atoms with E-state index in [1.54, 1.807) is 12.3 Å². The molecule has 0 bridgehead atoms. The second-order valence-electron chi connectivity index (χ2n) is 5.86. The molecule has 0 spiro atoms. The van der Waals surface area contributed by atoms with E-state index in [4.69, 9.17) is 10.6 Å². The molecule has 1 saturated heterocycles. The fraction of sp³-hybridized carbons (Fsp3) is 0.400. The largest absolute Gasteiger partial charge is 0.477 e. The smallest absolute Gasteiger partial charge is 0.352 e. The normalized spacial score (nSPS) is 25.0. The SMILES string of the molecule is CO/N=C(\C(=O)NC1C(=O)N2C(C(=O)O)=C(C)C(C)S[C@H]12)c1csc(N)n1. The number of fused-ring (bicyclic) bond motifs is 1. The first-order chi connectivity index (χ1) is 12.8. The van der Waals surface area contributed by atoms with E-state index in [-0.39, 0.29) is 27.5 Å². The molecular formula is C15H17N5O5S2. The summed E-state index contributed by atoms with van der Waals surface area (Å²) >= 11 is 2.55. The Morgan fingerprint density at radius 2 is 2.19 bits per heavy atom. The van der Waals surface area contributed by atoms with Crippen LogP contribution in [-0.2, 0) is 19.2 Å². The third kappa shape index (κ3) is 3.25. The molecule has 3 rings (SSSR count). The Hall–Kier alpha value is -2.60. The van der Waals surface area contributed by atoms with Crippen molar-refractivity contribution in [1.29, 1.82) is 0 Å². The molecule has 3 heterocycles. The molecule has 2 unspecified atom stereocenters. The summed E-state index contributed by atoms with van der Waals surface area (Å²) in [5, 5.41) is 16.9. The lowest BCUT2D eigenvalue weighted by molar-refractivity contribution is -0.150. The van der Waals surface area contributed by atoms with Gasteiger partial charge in [-0.05, 0) is 19.4 Å². The molecular weight excluding hydrogens is 394 g/mol. The van der Waals surface area contributed by atoms with E-state index in [2.05, 4.69) is 15.5 Å². The lowest BCUT2D eigenvalue weighted by atomic mass is 10.0. The first-order valence-corrected chi connectivity index (χ1v) is 9.64. The van der Waals surface area contributed by atoms with Gasteiger partial charge in [0.15, 0.2) is 10.8 Å². The number of thiazole rings is 1. The van der Waals surface area contributed by atoms with E-state index in [1.807, 2.05) is 6.92 Å². The van der Waals surface area contributed by atoms with Gasteiger partial charge in [-0.15, -0.1) is 23.1 Å². The zero-order chi connectivity index (χ0) is 19.9. The van der Waals surface area contributed by atoms with Crippen LogP contribution in [-0.4, -0.2) is 62.3 Å². The molecule has 1 fully saturated rings. The number of hydrogen-bond acceptors (Lipinski definition) is 9. The number of β-lactam (4-membered cyclic amide) rings is 1. The number of nitrogens with two attached hydrogens (primary N) is 1. The lowest BCUT2D eigenvalue weighted by Gasteiger charge is -2.50. The molecule has 0 aliphatic carbocycles. The molecule has 1 aromatic heterocycles. The summed E-state index contributed by atoms with van der Waals surface area (Å²) in [6.07, 6.45) is 0. The van der Waals surface area contributed by atoms with Gasteiger partial charge in [0.1, 0.15) is 29.9 Å². The minimum Gasteiger partial charge on any atom is -0.477 e. The maximum atomic E-state index is 12.6. The van der Waals surface area contributed by atoms with Crippen molar-refractivity contribution >= 4 is 51.7 Å². The van der Waals surface area contributed by atoms with Gasteiger partial charge in [0.2, 0.25) is 0 Å². The minimum absolute atomic E-state index is 0.0280. The maximum Gasteiger partial charge on any atom is 0.352 e. The number of hydrogen-bond donors (Lipinski definition) is 3. The quantitative estimate of drug-likeness (QED) is 0.354. The number of aromatic nitrogens is 1. The standard InChI is InChI=1S/C15H17N5O5S2/c1-5-6(2)27-13-9(12(22)20(13)10(5)14(23)24)18-11(21)8(19-25-3)7-4-26-15(16)17-7/h4,6,9,13H,1-3H3,(H2,16,17)(H,18,21)(H,23,24)/b19-8-/t6?,9?,13-/m1/s1. The predicted octanol–water partition coefficient (Wildman–Crippen LogP) is 0.223. The zero-order valence-corrected chi connectivity index (χ0v) is 16.3. The number of oxime groups is 1. The average molecular weight is 411 g/mol. The Kier molecular flexibility index (Phi) is 5.11. The topological polar surface area (TPSA) is 147 Å². The van der Waals surface area contributed by atoms with Crippen LogP contribution in [0.1, 0.15) is 19.5 Å². The number of carbonyl (C=O) groups excluding carboxylic acids is 2. The van der Waals surface area contributed by atoms with E-state index in [0.29, 0.717) is 5.57 Å². The predicted molar refractivity (Wildman–Crippen MR) is 100 cm³/mol. The Morgan fingerprint density at radius 1 is 1.48 bits per heavy atom. The number of carboxylic acid groups (broad SMARTS) is 1. The van der Waals surface area contributed by atoms with Crippen LogP contribution in [0.5, 0.6) is 0 Å². The summed E-state index contributed by atoms with van der Waals surface area (Å²) in [4.78, 5) is 46.6. The summed E-state index contributed by atoms with van der Waals surface area (Å²) in [6, 6.07) is -0.870. The molecule has 144 valence electrons. The maximum absolute atomic E-state index is 12.6. The van der Waals surface area contributed by atoms with Gasteiger partial charge in [-0.3, -0.25) is 14.5 Å². The van der Waals surface area contributed by atoms with Crippen LogP contribution in [0.25, 0.3) is 0 Å². The minimum atomic E-state index is -1.16. The third-order valence-corrected chi connectivity index (χ3v) is 6.46. The van der Waals surface area contributed by atoms with Crippen LogP contribution in [0, 0.1) is 0 Å². The van der Waals surface area contributed by atoms with E-state index < -0.39 is 29.2 Å². The molecule has 12 heteroatoms. The molecule has 2 aliphatic rings. The van der Waals surface area contributed by atoms with Gasteiger partial charge in [0.05, 0.1) is 0 Å². The van der Waals surface area contributed by atoms with Crippen LogP contribution in [0.4, 0.5) is 5.13 Å². The number of rotatable bonds is 5. The number of anilines is 1. The highest BCUT2D eigenvalue weighted by atomic mass is 32.2. The van der Waals surface area contributed by atoms with Crippen molar-refractivity contribution in [1.82, 2.24) is 15.2 Å². The van der Waals surface area contributed by atoms with E-state index in [0.717, 1.165) is 11.3 Å². The van der Waals surface area contributed by atoms with Crippen LogP contribution in [0.15, 0.2) is 21.8 Å². The molecule has 27 heavy (non-hydrogen) atoms. The van der Waals surface area contributed by atoms with Crippen LogP contribution >= 0.6 is 23.1 Å². The molecule has 2 aliphatic heterocycles. The van der Waals surface area contributed by atoms with E-state index >= 15 is 0 Å². The van der Waals surface area contributed by atoms with Crippen LogP contribution < -0.4 is 11.1 Å². The van der Waals surface area contributed by atoms with Gasteiger partial charge in [0.25, 0.3) is 11.8 Å². The van der Waals surface area contributed by atoms with Crippen molar-refractivity contribution in [3.8, 4) is 0 Å². The van der Waals surface area contributed by atoms with Crippen molar-refractivity contribution in [3.05, 3.63) is 22.3 Å².